The highest BCUT2D eigenvalue weighted by Gasteiger charge is 2.16. The summed E-state index contributed by atoms with van der Waals surface area (Å²) in [6.45, 7) is 5.46. The lowest BCUT2D eigenvalue weighted by Crippen LogP contribution is -2.22. The molecule has 1 amide bonds. The molecule has 4 N–H and O–H groups in total. The van der Waals surface area contributed by atoms with Crippen LogP contribution in [0.25, 0.3) is 0 Å². The summed E-state index contributed by atoms with van der Waals surface area (Å²) in [6, 6.07) is 0. The van der Waals surface area contributed by atoms with E-state index in [1.54, 1.807) is 11.7 Å². The molecule has 2 rings (SSSR count). The summed E-state index contributed by atoms with van der Waals surface area (Å²) in [6.07, 6.45) is 1.73. The van der Waals surface area contributed by atoms with Gasteiger partial charge >= 0.3 is 0 Å². The van der Waals surface area contributed by atoms with Crippen molar-refractivity contribution < 1.29 is 4.79 Å². The Morgan fingerprint density at radius 2 is 2.30 bits per heavy atom. The zero-order valence-electron chi connectivity index (χ0n) is 11.3. The van der Waals surface area contributed by atoms with Crippen LogP contribution in [-0.2, 0) is 6.54 Å². The average Bonchev–Trinajstić information content (AvgIpc) is 3.03. The fraction of sp³-hybridized carbons (Fsp3) is 0.417. The number of nitrogens with two attached hydrogens (primary N) is 1. The fourth-order valence-electron chi connectivity index (χ4n) is 1.44. The monoisotopic (exact) mass is 311 g/mol. The topological polar surface area (TPSA) is 92.9 Å². The second kappa shape index (κ2) is 6.67. The molecule has 0 aliphatic carbocycles. The van der Waals surface area contributed by atoms with E-state index in [4.69, 9.17) is 5.73 Å². The van der Waals surface area contributed by atoms with Crippen LogP contribution in [0.15, 0.2) is 11.7 Å². The molecule has 2 aromatic heterocycles. The number of nitrogens with one attached hydrogen (secondary N) is 2. The van der Waals surface area contributed by atoms with Crippen LogP contribution in [0.5, 0.6) is 0 Å². The van der Waals surface area contributed by atoms with Crippen molar-refractivity contribution in [3.05, 3.63) is 21.5 Å². The highest BCUT2D eigenvalue weighted by molar-refractivity contribution is 7.18. The van der Waals surface area contributed by atoms with Crippen molar-refractivity contribution in [2.75, 3.05) is 17.6 Å². The molecule has 0 spiro atoms. The molecule has 0 bridgehead atoms. The first-order valence-corrected chi connectivity index (χ1v) is 7.91. The Morgan fingerprint density at radius 1 is 1.50 bits per heavy atom. The molecule has 0 radical (unpaired) electrons. The van der Waals surface area contributed by atoms with E-state index in [0.29, 0.717) is 22.5 Å². The Balaban J connectivity index is 1.95. The maximum Gasteiger partial charge on any atom is 0.265 e. The minimum atomic E-state index is -0.203. The normalized spacial score (nSPS) is 10.8. The van der Waals surface area contributed by atoms with Gasteiger partial charge in [0.05, 0.1) is 12.1 Å². The lowest BCUT2D eigenvalue weighted by atomic mass is 10.2. The minimum absolute atomic E-state index is 0.203. The number of carbonyl (C=O) groups is 1. The Labute approximate surface area is 125 Å². The summed E-state index contributed by atoms with van der Waals surface area (Å²) in [4.78, 5) is 21.6. The zero-order chi connectivity index (χ0) is 14.5. The Morgan fingerprint density at radius 3 is 2.95 bits per heavy atom. The number of aromatic nitrogens is 2. The van der Waals surface area contributed by atoms with Crippen LogP contribution in [0.3, 0.4) is 0 Å². The summed E-state index contributed by atoms with van der Waals surface area (Å²) in [7, 11) is 0. The van der Waals surface area contributed by atoms with E-state index in [1.807, 2.05) is 0 Å². The van der Waals surface area contributed by atoms with Gasteiger partial charge in [-0.2, -0.15) is 0 Å². The van der Waals surface area contributed by atoms with Crippen molar-refractivity contribution in [1.29, 1.82) is 0 Å². The number of hydrogen-bond donors (Lipinski definition) is 3. The van der Waals surface area contributed by atoms with Crippen molar-refractivity contribution in [3.8, 4) is 0 Å². The third-order valence-electron chi connectivity index (χ3n) is 2.43. The summed E-state index contributed by atoms with van der Waals surface area (Å²) in [5.74, 6) is 0.567. The van der Waals surface area contributed by atoms with Gasteiger partial charge in [-0.3, -0.25) is 9.78 Å². The quantitative estimate of drug-likeness (QED) is 0.760. The predicted octanol–water partition coefficient (Wildman–Crippen LogP) is 2.18. The first kappa shape index (κ1) is 14.7. The minimum Gasteiger partial charge on any atom is -0.382 e. The summed E-state index contributed by atoms with van der Waals surface area (Å²) >= 11 is 2.77. The van der Waals surface area contributed by atoms with Crippen molar-refractivity contribution in [2.45, 2.75) is 20.4 Å². The van der Waals surface area contributed by atoms with Gasteiger partial charge in [-0.1, -0.05) is 25.2 Å². The molecular formula is C12H17N5OS2. The molecule has 6 nitrogen and oxygen atoms in total. The molecular weight excluding hydrogens is 294 g/mol. The molecule has 0 aliphatic rings. The highest BCUT2D eigenvalue weighted by Crippen LogP contribution is 2.25. The Kier molecular flexibility index (Phi) is 4.91. The van der Waals surface area contributed by atoms with Gasteiger partial charge in [0, 0.05) is 17.6 Å². The third kappa shape index (κ3) is 3.91. The SMILES string of the molecule is CC(C)CNc1nc(N)c(C(=O)NCc2cncs2)s1. The van der Waals surface area contributed by atoms with Gasteiger partial charge in [0.1, 0.15) is 10.7 Å². The molecule has 8 heteroatoms. The molecule has 0 aliphatic heterocycles. The number of amides is 1. The second-order valence-corrected chi connectivity index (χ2v) is 6.63. The van der Waals surface area contributed by atoms with E-state index in [2.05, 4.69) is 34.4 Å². The van der Waals surface area contributed by atoms with E-state index < -0.39 is 0 Å². The molecule has 0 saturated heterocycles. The highest BCUT2D eigenvalue weighted by atomic mass is 32.1. The van der Waals surface area contributed by atoms with Crippen molar-refractivity contribution in [2.24, 2.45) is 5.92 Å². The standard InChI is InChI=1S/C12H17N5OS2/c1-7(2)3-16-12-17-10(13)9(20-12)11(18)15-5-8-4-14-6-19-8/h4,6-7H,3,5,13H2,1-2H3,(H,15,18)(H,16,17). The first-order valence-electron chi connectivity index (χ1n) is 6.22. The zero-order valence-corrected chi connectivity index (χ0v) is 13.0. The van der Waals surface area contributed by atoms with Gasteiger partial charge in [-0.05, 0) is 5.92 Å². The lowest BCUT2D eigenvalue weighted by molar-refractivity contribution is 0.0956. The van der Waals surface area contributed by atoms with Crippen LogP contribution in [0.1, 0.15) is 28.4 Å². The maximum absolute atomic E-state index is 12.0. The second-order valence-electron chi connectivity index (χ2n) is 4.66. The van der Waals surface area contributed by atoms with Crippen molar-refractivity contribution in [1.82, 2.24) is 15.3 Å². The van der Waals surface area contributed by atoms with Crippen LogP contribution in [0.4, 0.5) is 10.9 Å². The number of nitrogen functional groups attached to an aromatic ring is 1. The van der Waals surface area contributed by atoms with Gasteiger partial charge < -0.3 is 16.4 Å². The van der Waals surface area contributed by atoms with E-state index in [0.717, 1.165) is 11.4 Å². The molecule has 2 aromatic rings. The number of nitrogens with zero attached hydrogens (tertiary/aromatic N) is 2. The largest absolute Gasteiger partial charge is 0.382 e. The average molecular weight is 311 g/mol. The van der Waals surface area contributed by atoms with Gasteiger partial charge in [0.15, 0.2) is 5.13 Å². The van der Waals surface area contributed by atoms with Crippen molar-refractivity contribution in [3.63, 3.8) is 0 Å². The van der Waals surface area contributed by atoms with E-state index in [-0.39, 0.29) is 11.7 Å². The number of thiazole rings is 2. The molecule has 0 atom stereocenters. The number of carbonyl (C=O) groups excluding carboxylic acids is 1. The molecule has 2 heterocycles. The van der Waals surface area contributed by atoms with E-state index in [1.165, 1.54) is 22.7 Å². The van der Waals surface area contributed by atoms with Gasteiger partial charge in [0.2, 0.25) is 0 Å². The number of hydrogen-bond acceptors (Lipinski definition) is 7. The summed E-state index contributed by atoms with van der Waals surface area (Å²) in [5, 5.41) is 6.66. The molecule has 108 valence electrons. The van der Waals surface area contributed by atoms with Crippen molar-refractivity contribution >= 4 is 39.5 Å². The van der Waals surface area contributed by atoms with E-state index >= 15 is 0 Å². The summed E-state index contributed by atoms with van der Waals surface area (Å²) < 4.78 is 0. The number of rotatable bonds is 6. The smallest absolute Gasteiger partial charge is 0.265 e. The maximum atomic E-state index is 12.0. The first-order chi connectivity index (χ1) is 9.56. The number of anilines is 2. The van der Waals surface area contributed by atoms with Crippen LogP contribution in [-0.4, -0.2) is 22.4 Å². The molecule has 20 heavy (non-hydrogen) atoms. The molecule has 0 aromatic carbocycles. The molecule has 0 unspecified atom stereocenters. The van der Waals surface area contributed by atoms with Gasteiger partial charge in [0.25, 0.3) is 5.91 Å². The summed E-state index contributed by atoms with van der Waals surface area (Å²) in [5.41, 5.74) is 7.52. The Bertz CT molecular complexity index is 564. The van der Waals surface area contributed by atoms with Crippen LogP contribution in [0.2, 0.25) is 0 Å². The van der Waals surface area contributed by atoms with E-state index in [9.17, 15) is 4.79 Å². The van der Waals surface area contributed by atoms with Gasteiger partial charge in [-0.15, -0.1) is 11.3 Å². The predicted molar refractivity (Wildman–Crippen MR) is 83.1 cm³/mol. The van der Waals surface area contributed by atoms with Gasteiger partial charge in [-0.25, -0.2) is 4.98 Å². The van der Waals surface area contributed by atoms with Crippen LogP contribution < -0.4 is 16.4 Å². The third-order valence-corrected chi connectivity index (χ3v) is 4.24. The van der Waals surface area contributed by atoms with Crippen LogP contribution in [0, 0.1) is 5.92 Å². The molecule has 0 saturated carbocycles. The fourth-order valence-corrected chi connectivity index (χ4v) is 2.78. The lowest BCUT2D eigenvalue weighted by Gasteiger charge is -2.04. The van der Waals surface area contributed by atoms with Crippen LogP contribution >= 0.6 is 22.7 Å². The Hall–Kier alpha value is -1.67. The molecule has 0 fully saturated rings.